The molecule has 0 aliphatic carbocycles. The Bertz CT molecular complexity index is 1090. The zero-order chi connectivity index (χ0) is 28.9. The molecule has 2 aromatic carbocycles. The normalized spacial score (nSPS) is 16.8. The van der Waals surface area contributed by atoms with Crippen molar-refractivity contribution in [1.82, 2.24) is 20.9 Å². The van der Waals surface area contributed by atoms with Crippen molar-refractivity contribution >= 4 is 53.4 Å². The molecule has 0 aromatic heterocycles. The molecule has 1 aliphatic heterocycles. The first kappa shape index (κ1) is 34.8. The number of benzene rings is 2. The third kappa shape index (κ3) is 10.4. The van der Waals surface area contributed by atoms with Crippen molar-refractivity contribution < 1.29 is 23.5 Å². The highest BCUT2D eigenvalue weighted by molar-refractivity contribution is 6.18. The van der Waals surface area contributed by atoms with Gasteiger partial charge in [0.15, 0.2) is 0 Å². The summed E-state index contributed by atoms with van der Waals surface area (Å²) in [6, 6.07) is 11.8. The van der Waals surface area contributed by atoms with E-state index in [1.165, 1.54) is 12.1 Å². The number of amides is 2. The maximum Gasteiger partial charge on any atom is 0.328 e. The van der Waals surface area contributed by atoms with E-state index in [-0.39, 0.29) is 43.1 Å². The van der Waals surface area contributed by atoms with E-state index < -0.39 is 41.9 Å². The predicted octanol–water partition coefficient (Wildman–Crippen LogP) is 3.60. The summed E-state index contributed by atoms with van der Waals surface area (Å²) >= 11 is 12.3. The van der Waals surface area contributed by atoms with Crippen molar-refractivity contribution in [2.75, 3.05) is 38.0 Å². The van der Waals surface area contributed by atoms with Crippen LogP contribution < -0.4 is 16.0 Å². The first-order valence-corrected chi connectivity index (χ1v) is 14.6. The number of nitrogens with zero attached hydrogens (tertiary/aromatic N) is 1. The Morgan fingerprint density at radius 2 is 1.71 bits per heavy atom. The lowest BCUT2D eigenvalue weighted by Crippen LogP contribution is -2.59. The van der Waals surface area contributed by atoms with Crippen LogP contribution in [0.2, 0.25) is 0 Å². The quantitative estimate of drug-likeness (QED) is 0.205. The summed E-state index contributed by atoms with van der Waals surface area (Å²) in [5.74, 6) is -1.34. The van der Waals surface area contributed by atoms with E-state index in [0.717, 1.165) is 12.0 Å². The molecule has 1 fully saturated rings. The lowest BCUT2D eigenvalue weighted by atomic mass is 9.95. The molecule has 4 unspecified atom stereocenters. The Balaban J connectivity index is 0.00000588. The smallest absolute Gasteiger partial charge is 0.328 e. The molecule has 1 saturated heterocycles. The van der Waals surface area contributed by atoms with Crippen molar-refractivity contribution in [3.05, 3.63) is 71.5 Å². The van der Waals surface area contributed by atoms with E-state index in [9.17, 15) is 18.8 Å². The van der Waals surface area contributed by atoms with Crippen LogP contribution in [0.4, 0.5) is 4.39 Å². The van der Waals surface area contributed by atoms with E-state index >= 15 is 0 Å². The van der Waals surface area contributed by atoms with Gasteiger partial charge in [-0.3, -0.25) is 14.5 Å². The van der Waals surface area contributed by atoms with Crippen LogP contribution in [0, 0.1) is 5.82 Å². The van der Waals surface area contributed by atoms with Crippen LogP contribution in [0.3, 0.4) is 0 Å². The van der Waals surface area contributed by atoms with Crippen LogP contribution >= 0.6 is 35.6 Å². The van der Waals surface area contributed by atoms with Gasteiger partial charge in [0, 0.05) is 31.3 Å². The highest BCUT2D eigenvalue weighted by atomic mass is 35.5. The minimum atomic E-state index is -1.09. The van der Waals surface area contributed by atoms with E-state index in [4.69, 9.17) is 27.9 Å². The monoisotopic (exact) mass is 630 g/mol. The number of esters is 1. The molecule has 1 aliphatic rings. The van der Waals surface area contributed by atoms with Crippen LogP contribution in [0.25, 0.3) is 0 Å². The number of halogens is 4. The number of rotatable bonds is 15. The number of hydrogen-bond acceptors (Lipinski definition) is 6. The highest BCUT2D eigenvalue weighted by Gasteiger charge is 2.38. The number of nitrogens with one attached hydrogen (secondary N) is 3. The lowest BCUT2D eigenvalue weighted by Gasteiger charge is -2.37. The number of hydrogen-bond donors (Lipinski definition) is 3. The van der Waals surface area contributed by atoms with E-state index in [1.54, 1.807) is 19.1 Å². The maximum atomic E-state index is 14.1. The van der Waals surface area contributed by atoms with Gasteiger partial charge in [0.25, 0.3) is 0 Å². The Labute approximate surface area is 257 Å². The van der Waals surface area contributed by atoms with Crippen molar-refractivity contribution in [3.8, 4) is 0 Å². The molecule has 1 heterocycles. The van der Waals surface area contributed by atoms with Crippen molar-refractivity contribution in [2.24, 2.45) is 0 Å². The second kappa shape index (κ2) is 18.2. The molecule has 41 heavy (non-hydrogen) atoms. The van der Waals surface area contributed by atoms with Gasteiger partial charge in [-0.05, 0) is 49.6 Å². The SMILES string of the molecule is CCOC(=O)C(Cc1ccc(F)cc1)NC(=O)C(NC(=O)C1CCCN1)C(c1ccccc1)N(CCCl)CCCl.Cl. The molecule has 226 valence electrons. The average molecular weight is 632 g/mol. The molecular weight excluding hydrogens is 594 g/mol. The standard InChI is InChI=1S/C29H37Cl2FN4O4.ClH/c1-2-40-29(39)24(19-20-10-12-22(32)13-11-20)34-28(38)25(35-27(37)23-9-6-16-33-23)26(21-7-4-3-5-8-21)36(17-14-30)18-15-31;/h3-5,7-8,10-13,23-26,33H,2,6,9,14-19H2,1H3,(H,34,38)(H,35,37);1H. The molecule has 0 spiro atoms. The summed E-state index contributed by atoms with van der Waals surface area (Å²) in [6.07, 6.45) is 1.59. The van der Waals surface area contributed by atoms with Gasteiger partial charge in [-0.15, -0.1) is 35.6 Å². The predicted molar refractivity (Wildman–Crippen MR) is 161 cm³/mol. The largest absolute Gasteiger partial charge is 0.464 e. The van der Waals surface area contributed by atoms with Crippen LogP contribution in [0.5, 0.6) is 0 Å². The summed E-state index contributed by atoms with van der Waals surface area (Å²) in [4.78, 5) is 42.3. The minimum Gasteiger partial charge on any atom is -0.464 e. The zero-order valence-corrected chi connectivity index (χ0v) is 25.3. The van der Waals surface area contributed by atoms with Gasteiger partial charge in [0.2, 0.25) is 11.8 Å². The van der Waals surface area contributed by atoms with Gasteiger partial charge >= 0.3 is 5.97 Å². The number of carbonyl (C=O) groups excluding carboxylic acids is 3. The van der Waals surface area contributed by atoms with Crippen molar-refractivity contribution in [1.29, 1.82) is 0 Å². The van der Waals surface area contributed by atoms with Gasteiger partial charge in [0.1, 0.15) is 17.9 Å². The van der Waals surface area contributed by atoms with Crippen LogP contribution in [-0.2, 0) is 25.5 Å². The number of ether oxygens (including phenoxy) is 1. The fourth-order valence-electron chi connectivity index (χ4n) is 4.88. The first-order valence-electron chi connectivity index (χ1n) is 13.5. The third-order valence-electron chi connectivity index (χ3n) is 6.79. The molecule has 2 aromatic rings. The Kier molecular flexibility index (Phi) is 15.4. The molecule has 12 heteroatoms. The Hall–Kier alpha value is -2.43. The van der Waals surface area contributed by atoms with Crippen LogP contribution in [0.15, 0.2) is 54.6 Å². The van der Waals surface area contributed by atoms with Gasteiger partial charge < -0.3 is 20.7 Å². The van der Waals surface area contributed by atoms with E-state index in [1.807, 2.05) is 35.2 Å². The van der Waals surface area contributed by atoms with Crippen LogP contribution in [0.1, 0.15) is 36.9 Å². The Morgan fingerprint density at radius 1 is 1.05 bits per heavy atom. The fourth-order valence-corrected chi connectivity index (χ4v) is 5.31. The fraction of sp³-hybridized carbons (Fsp3) is 0.483. The van der Waals surface area contributed by atoms with Gasteiger partial charge in [0.05, 0.1) is 18.7 Å². The van der Waals surface area contributed by atoms with Crippen LogP contribution in [-0.4, -0.2) is 78.8 Å². The summed E-state index contributed by atoms with van der Waals surface area (Å²) in [5, 5.41) is 8.94. The average Bonchev–Trinajstić information content (AvgIpc) is 3.50. The number of carbonyl (C=O) groups is 3. The van der Waals surface area contributed by atoms with E-state index in [2.05, 4.69) is 16.0 Å². The van der Waals surface area contributed by atoms with Crippen molar-refractivity contribution in [2.45, 2.75) is 50.4 Å². The molecule has 4 atom stereocenters. The summed E-state index contributed by atoms with van der Waals surface area (Å²) in [6.45, 7) is 3.32. The molecule has 3 rings (SSSR count). The molecule has 2 amide bonds. The van der Waals surface area contributed by atoms with E-state index in [0.29, 0.717) is 31.6 Å². The molecule has 0 radical (unpaired) electrons. The highest BCUT2D eigenvalue weighted by Crippen LogP contribution is 2.26. The second-order valence-electron chi connectivity index (χ2n) is 9.55. The molecule has 8 nitrogen and oxygen atoms in total. The Morgan fingerprint density at radius 3 is 2.27 bits per heavy atom. The van der Waals surface area contributed by atoms with Gasteiger partial charge in [-0.2, -0.15) is 0 Å². The third-order valence-corrected chi connectivity index (χ3v) is 7.13. The topological polar surface area (TPSA) is 99.8 Å². The minimum absolute atomic E-state index is 0. The first-order chi connectivity index (χ1) is 19.4. The maximum absolute atomic E-state index is 14.1. The summed E-state index contributed by atoms with van der Waals surface area (Å²) < 4.78 is 18.7. The van der Waals surface area contributed by atoms with Crippen molar-refractivity contribution in [3.63, 3.8) is 0 Å². The van der Waals surface area contributed by atoms with Gasteiger partial charge in [-0.25, -0.2) is 9.18 Å². The number of alkyl halides is 2. The zero-order valence-electron chi connectivity index (χ0n) is 23.0. The summed E-state index contributed by atoms with van der Waals surface area (Å²) in [7, 11) is 0. The summed E-state index contributed by atoms with van der Waals surface area (Å²) in [5.41, 5.74) is 1.42. The lowest BCUT2D eigenvalue weighted by molar-refractivity contribution is -0.148. The van der Waals surface area contributed by atoms with Gasteiger partial charge in [-0.1, -0.05) is 42.5 Å². The molecular formula is C29H38Cl3FN4O4. The molecule has 0 saturated carbocycles. The molecule has 0 bridgehead atoms. The second-order valence-corrected chi connectivity index (χ2v) is 10.3. The molecule has 3 N–H and O–H groups in total.